The second-order valence-electron chi connectivity index (χ2n) is 4.34. The van der Waals surface area contributed by atoms with Crippen LogP contribution in [0.1, 0.15) is 19.3 Å². The lowest BCUT2D eigenvalue weighted by atomic mass is 9.90. The fourth-order valence-electron chi connectivity index (χ4n) is 2.34. The minimum absolute atomic E-state index is 0.102. The first-order chi connectivity index (χ1) is 7.63. The molecule has 0 spiro atoms. The van der Waals surface area contributed by atoms with Gasteiger partial charge in [0.1, 0.15) is 18.3 Å². The molecule has 0 aliphatic carbocycles. The van der Waals surface area contributed by atoms with Crippen LogP contribution in [0.2, 0.25) is 0 Å². The monoisotopic (exact) mass is 234 g/mol. The van der Waals surface area contributed by atoms with Crippen molar-refractivity contribution in [1.82, 2.24) is 0 Å². The van der Waals surface area contributed by atoms with Crippen molar-refractivity contribution in [3.8, 4) is 0 Å². The van der Waals surface area contributed by atoms with Crippen molar-refractivity contribution in [1.29, 1.82) is 0 Å². The van der Waals surface area contributed by atoms with Gasteiger partial charge in [-0.15, -0.1) is 0 Å². The van der Waals surface area contributed by atoms with Gasteiger partial charge in [-0.25, -0.2) is 0 Å². The third-order valence-electron chi connectivity index (χ3n) is 3.21. The highest BCUT2D eigenvalue weighted by Gasteiger charge is 2.47. The van der Waals surface area contributed by atoms with Gasteiger partial charge in [0, 0.05) is 13.0 Å². The Bertz CT molecular complexity index is 233. The van der Waals surface area contributed by atoms with Crippen LogP contribution in [0.15, 0.2) is 0 Å². The molecule has 0 amide bonds. The van der Waals surface area contributed by atoms with Crippen molar-refractivity contribution in [2.45, 2.75) is 56.1 Å². The van der Waals surface area contributed by atoms with Gasteiger partial charge in [0.05, 0.1) is 12.2 Å². The van der Waals surface area contributed by atoms with Gasteiger partial charge in [-0.2, -0.15) is 0 Å². The van der Waals surface area contributed by atoms with Gasteiger partial charge in [-0.3, -0.25) is 0 Å². The third-order valence-corrected chi connectivity index (χ3v) is 3.21. The summed E-state index contributed by atoms with van der Waals surface area (Å²) in [5.74, 6) is 0. The number of hydrogen-bond acceptors (Lipinski definition) is 6. The van der Waals surface area contributed by atoms with Crippen molar-refractivity contribution in [2.75, 3.05) is 6.61 Å². The first-order valence-electron chi connectivity index (χ1n) is 5.59. The highest BCUT2D eigenvalue weighted by atomic mass is 16.6. The van der Waals surface area contributed by atoms with E-state index in [1.165, 1.54) is 0 Å². The Morgan fingerprint density at radius 3 is 2.44 bits per heavy atom. The first kappa shape index (κ1) is 12.2. The Morgan fingerprint density at radius 1 is 1.00 bits per heavy atom. The van der Waals surface area contributed by atoms with E-state index >= 15 is 0 Å². The summed E-state index contributed by atoms with van der Waals surface area (Å²) in [5.41, 5.74) is 0. The molecular weight excluding hydrogens is 216 g/mol. The van der Waals surface area contributed by atoms with Crippen molar-refractivity contribution in [2.24, 2.45) is 0 Å². The predicted molar refractivity (Wildman–Crippen MR) is 52.5 cm³/mol. The van der Waals surface area contributed by atoms with Gasteiger partial charge < -0.3 is 29.9 Å². The Hall–Kier alpha value is -0.240. The van der Waals surface area contributed by atoms with Crippen LogP contribution in [0.3, 0.4) is 0 Å². The van der Waals surface area contributed by atoms with Gasteiger partial charge in [0.2, 0.25) is 0 Å². The van der Waals surface area contributed by atoms with Crippen LogP contribution in [-0.2, 0) is 9.47 Å². The molecule has 0 radical (unpaired) electrons. The van der Waals surface area contributed by atoms with Gasteiger partial charge in [-0.05, 0) is 12.8 Å². The van der Waals surface area contributed by atoms with Crippen LogP contribution < -0.4 is 0 Å². The molecule has 2 heterocycles. The molecule has 4 N–H and O–H groups in total. The molecule has 0 saturated carbocycles. The van der Waals surface area contributed by atoms with Crippen LogP contribution in [0, 0.1) is 0 Å². The molecule has 0 aromatic heterocycles. The predicted octanol–water partition coefficient (Wildman–Crippen LogP) is -1.64. The maximum absolute atomic E-state index is 9.84. The molecule has 2 aliphatic heterocycles. The molecule has 4 unspecified atom stereocenters. The average molecular weight is 234 g/mol. The summed E-state index contributed by atoms with van der Waals surface area (Å²) in [6.45, 7) is -0.102. The van der Waals surface area contributed by atoms with Crippen LogP contribution in [-0.4, -0.2) is 63.8 Å². The molecule has 2 saturated heterocycles. The smallest absolute Gasteiger partial charge is 0.155 e. The molecule has 16 heavy (non-hydrogen) atoms. The summed E-state index contributed by atoms with van der Waals surface area (Å²) in [5, 5.41) is 37.7. The van der Waals surface area contributed by atoms with E-state index in [9.17, 15) is 15.3 Å². The van der Waals surface area contributed by atoms with Gasteiger partial charge in [-0.1, -0.05) is 0 Å². The summed E-state index contributed by atoms with van der Waals surface area (Å²) in [7, 11) is 0. The molecule has 6 heteroatoms. The number of fused-ring (bicyclic) bond motifs is 1. The summed E-state index contributed by atoms with van der Waals surface area (Å²) < 4.78 is 10.7. The number of rotatable bonds is 2. The fourth-order valence-corrected chi connectivity index (χ4v) is 2.34. The lowest BCUT2D eigenvalue weighted by Crippen LogP contribution is -2.60. The maximum atomic E-state index is 9.84. The van der Waals surface area contributed by atoms with E-state index in [2.05, 4.69) is 0 Å². The number of aliphatic hydroxyl groups is 4. The molecule has 2 fully saturated rings. The van der Waals surface area contributed by atoms with Crippen LogP contribution in [0.4, 0.5) is 0 Å². The first-order valence-corrected chi connectivity index (χ1v) is 5.59. The van der Waals surface area contributed by atoms with E-state index in [1.807, 2.05) is 0 Å². The molecule has 6 nitrogen and oxygen atoms in total. The standard InChI is InChI=1S/C10H18O6/c11-4-3-5-8(13)9(14)10-6(15-5)1-2-7(12)16-10/h5-14H,1-4H2/t5?,6-,7-,8?,9?,10?/m0/s1. The summed E-state index contributed by atoms with van der Waals surface area (Å²) in [6, 6.07) is 0. The Balaban J connectivity index is 2.04. The largest absolute Gasteiger partial charge is 0.396 e. The molecular formula is C10H18O6. The highest BCUT2D eigenvalue weighted by molar-refractivity contribution is 4.94. The zero-order valence-electron chi connectivity index (χ0n) is 8.90. The number of hydrogen-bond donors (Lipinski definition) is 4. The summed E-state index contributed by atoms with van der Waals surface area (Å²) in [6.07, 6.45) is -3.32. The zero-order valence-corrected chi connectivity index (χ0v) is 8.90. The maximum Gasteiger partial charge on any atom is 0.155 e. The van der Waals surface area contributed by atoms with E-state index in [0.717, 1.165) is 0 Å². The molecule has 0 aromatic carbocycles. The quantitative estimate of drug-likeness (QED) is 0.457. The molecule has 2 rings (SSSR count). The Morgan fingerprint density at radius 2 is 1.75 bits per heavy atom. The average Bonchev–Trinajstić information content (AvgIpc) is 2.27. The number of aliphatic hydroxyl groups excluding tert-OH is 4. The van der Waals surface area contributed by atoms with Gasteiger partial charge in [0.15, 0.2) is 6.29 Å². The Labute approximate surface area is 93.4 Å². The lowest BCUT2D eigenvalue weighted by molar-refractivity contribution is -0.293. The zero-order chi connectivity index (χ0) is 11.7. The molecule has 2 aliphatic rings. The van der Waals surface area contributed by atoms with Gasteiger partial charge in [0.25, 0.3) is 0 Å². The van der Waals surface area contributed by atoms with E-state index in [0.29, 0.717) is 12.8 Å². The minimum atomic E-state index is -1.08. The van der Waals surface area contributed by atoms with Crippen molar-refractivity contribution >= 4 is 0 Å². The minimum Gasteiger partial charge on any atom is -0.396 e. The second-order valence-corrected chi connectivity index (χ2v) is 4.34. The highest BCUT2D eigenvalue weighted by Crippen LogP contribution is 2.32. The molecule has 94 valence electrons. The Kier molecular flexibility index (Phi) is 3.78. The van der Waals surface area contributed by atoms with Crippen LogP contribution in [0.25, 0.3) is 0 Å². The molecule has 0 aromatic rings. The molecule has 0 bridgehead atoms. The van der Waals surface area contributed by atoms with E-state index < -0.39 is 30.7 Å². The molecule has 6 atom stereocenters. The van der Waals surface area contributed by atoms with Crippen LogP contribution >= 0.6 is 0 Å². The lowest BCUT2D eigenvalue weighted by Gasteiger charge is -2.45. The van der Waals surface area contributed by atoms with Crippen molar-refractivity contribution < 1.29 is 29.9 Å². The van der Waals surface area contributed by atoms with Gasteiger partial charge >= 0.3 is 0 Å². The number of ether oxygens (including phenoxy) is 2. The van der Waals surface area contributed by atoms with Crippen molar-refractivity contribution in [3.05, 3.63) is 0 Å². The van der Waals surface area contributed by atoms with Crippen molar-refractivity contribution in [3.63, 3.8) is 0 Å². The third kappa shape index (κ3) is 2.22. The van der Waals surface area contributed by atoms with E-state index in [4.69, 9.17) is 14.6 Å². The second kappa shape index (κ2) is 4.95. The summed E-state index contributed by atoms with van der Waals surface area (Å²) >= 11 is 0. The normalized spacial score (nSPS) is 48.8. The summed E-state index contributed by atoms with van der Waals surface area (Å²) in [4.78, 5) is 0. The SMILES string of the molecule is OCCC1O[C@H]2CC[C@@H](O)OC2C(O)C1O. The van der Waals surface area contributed by atoms with E-state index in [1.54, 1.807) is 0 Å². The fraction of sp³-hybridized carbons (Fsp3) is 1.00. The topological polar surface area (TPSA) is 99.4 Å². The van der Waals surface area contributed by atoms with E-state index in [-0.39, 0.29) is 19.1 Å². The van der Waals surface area contributed by atoms with Crippen LogP contribution in [0.5, 0.6) is 0 Å².